The molecule has 0 unspecified atom stereocenters. The second kappa shape index (κ2) is 6.90. The molecule has 1 aliphatic heterocycles. The molecule has 1 aromatic carbocycles. The first kappa shape index (κ1) is 16.3. The lowest BCUT2D eigenvalue weighted by molar-refractivity contribution is -0.147. The number of carbonyl (C=O) groups is 1. The fourth-order valence-corrected chi connectivity index (χ4v) is 3.05. The van der Waals surface area contributed by atoms with Crippen LogP contribution in [-0.4, -0.2) is 49.6 Å². The van der Waals surface area contributed by atoms with Crippen molar-refractivity contribution in [2.45, 2.75) is 25.9 Å². The van der Waals surface area contributed by atoms with E-state index in [0.29, 0.717) is 11.5 Å². The van der Waals surface area contributed by atoms with Crippen LogP contribution in [0.15, 0.2) is 18.3 Å². The molecule has 0 radical (unpaired) electrons. The van der Waals surface area contributed by atoms with Crippen molar-refractivity contribution in [2.24, 2.45) is 0 Å². The summed E-state index contributed by atoms with van der Waals surface area (Å²) in [4.78, 5) is 13.3. The van der Waals surface area contributed by atoms with Crippen LogP contribution in [-0.2, 0) is 9.53 Å². The number of ether oxygens (including phenoxy) is 3. The Balaban J connectivity index is 1.89. The third kappa shape index (κ3) is 3.20. The van der Waals surface area contributed by atoms with Crippen LogP contribution >= 0.6 is 0 Å². The Morgan fingerprint density at radius 1 is 1.17 bits per heavy atom. The summed E-state index contributed by atoms with van der Waals surface area (Å²) in [5.41, 5.74) is 0. The van der Waals surface area contributed by atoms with E-state index < -0.39 is 0 Å². The van der Waals surface area contributed by atoms with Gasteiger partial charge in [-0.25, -0.2) is 0 Å². The topological polar surface area (TPSA) is 73.8 Å². The Morgan fingerprint density at radius 3 is 2.46 bits per heavy atom. The molecule has 0 spiro atoms. The van der Waals surface area contributed by atoms with E-state index in [4.69, 9.17) is 14.2 Å². The first-order chi connectivity index (χ1) is 11.6. The fourth-order valence-electron chi connectivity index (χ4n) is 3.05. The lowest BCUT2D eigenvalue weighted by Crippen LogP contribution is -2.38. The summed E-state index contributed by atoms with van der Waals surface area (Å²) >= 11 is 0. The molecular weight excluding hydrogens is 310 g/mol. The summed E-state index contributed by atoms with van der Waals surface area (Å²) in [6.07, 6.45) is 3.26. The van der Waals surface area contributed by atoms with Crippen LogP contribution in [0.4, 0.5) is 5.82 Å². The third-order valence-electron chi connectivity index (χ3n) is 4.22. The average Bonchev–Trinajstić information content (AvgIpc) is 2.60. The quantitative estimate of drug-likeness (QED) is 0.795. The van der Waals surface area contributed by atoms with Crippen molar-refractivity contribution < 1.29 is 19.0 Å². The molecule has 0 saturated carbocycles. The molecule has 1 fully saturated rings. The van der Waals surface area contributed by atoms with Crippen LogP contribution in [0, 0.1) is 0 Å². The number of esters is 1. The minimum atomic E-state index is -0.227. The van der Waals surface area contributed by atoms with Crippen molar-refractivity contribution in [3.05, 3.63) is 18.3 Å². The molecule has 1 aromatic heterocycles. The van der Waals surface area contributed by atoms with Crippen LogP contribution in [0.1, 0.15) is 19.8 Å². The van der Waals surface area contributed by atoms with Gasteiger partial charge in [0.05, 0.1) is 20.4 Å². The first-order valence-electron chi connectivity index (χ1n) is 7.92. The minimum absolute atomic E-state index is 0.0173. The summed E-state index contributed by atoms with van der Waals surface area (Å²) < 4.78 is 16.0. The SMILES string of the molecule is COc1cc2cnnc(N3CCC(OC(C)=O)CC3)c2cc1OC. The van der Waals surface area contributed by atoms with E-state index in [1.54, 1.807) is 20.4 Å². The van der Waals surface area contributed by atoms with Gasteiger partial charge in [0, 0.05) is 43.6 Å². The molecule has 7 heteroatoms. The third-order valence-corrected chi connectivity index (χ3v) is 4.22. The van der Waals surface area contributed by atoms with Gasteiger partial charge in [0.25, 0.3) is 0 Å². The van der Waals surface area contributed by atoms with E-state index in [0.717, 1.165) is 42.5 Å². The number of hydrogen-bond acceptors (Lipinski definition) is 7. The number of aromatic nitrogens is 2. The number of fused-ring (bicyclic) bond motifs is 1. The van der Waals surface area contributed by atoms with Gasteiger partial charge < -0.3 is 19.1 Å². The Labute approximate surface area is 140 Å². The number of piperidine rings is 1. The smallest absolute Gasteiger partial charge is 0.302 e. The lowest BCUT2D eigenvalue weighted by atomic mass is 10.1. The minimum Gasteiger partial charge on any atom is -0.493 e. The van der Waals surface area contributed by atoms with E-state index in [-0.39, 0.29) is 12.1 Å². The molecule has 24 heavy (non-hydrogen) atoms. The van der Waals surface area contributed by atoms with Gasteiger partial charge in [0.15, 0.2) is 17.3 Å². The molecule has 0 aliphatic carbocycles. The number of carbonyl (C=O) groups excluding carboxylic acids is 1. The van der Waals surface area contributed by atoms with Gasteiger partial charge in [-0.3, -0.25) is 4.79 Å². The predicted octanol–water partition coefficient (Wildman–Crippen LogP) is 2.18. The van der Waals surface area contributed by atoms with E-state index in [9.17, 15) is 4.79 Å². The average molecular weight is 331 g/mol. The maximum Gasteiger partial charge on any atom is 0.302 e. The van der Waals surface area contributed by atoms with Crippen molar-refractivity contribution in [2.75, 3.05) is 32.2 Å². The van der Waals surface area contributed by atoms with Crippen molar-refractivity contribution in [1.82, 2.24) is 10.2 Å². The monoisotopic (exact) mass is 331 g/mol. The van der Waals surface area contributed by atoms with E-state index in [1.165, 1.54) is 6.92 Å². The predicted molar refractivity (Wildman–Crippen MR) is 89.6 cm³/mol. The van der Waals surface area contributed by atoms with Crippen molar-refractivity contribution in [3.8, 4) is 11.5 Å². The zero-order chi connectivity index (χ0) is 17.1. The molecule has 1 saturated heterocycles. The Morgan fingerprint density at radius 2 is 1.83 bits per heavy atom. The second-order valence-corrected chi connectivity index (χ2v) is 5.76. The van der Waals surface area contributed by atoms with Gasteiger partial charge in [-0.05, 0) is 12.1 Å². The number of rotatable bonds is 4. The van der Waals surface area contributed by atoms with Gasteiger partial charge in [-0.1, -0.05) is 0 Å². The van der Waals surface area contributed by atoms with Gasteiger partial charge >= 0.3 is 5.97 Å². The summed E-state index contributed by atoms with van der Waals surface area (Å²) in [5, 5.41) is 10.3. The molecule has 128 valence electrons. The van der Waals surface area contributed by atoms with Crippen LogP contribution in [0.3, 0.4) is 0 Å². The molecule has 0 amide bonds. The van der Waals surface area contributed by atoms with Gasteiger partial charge in [-0.15, -0.1) is 5.10 Å². The van der Waals surface area contributed by atoms with Crippen LogP contribution in [0.5, 0.6) is 11.5 Å². The fraction of sp³-hybridized carbons (Fsp3) is 0.471. The highest BCUT2D eigenvalue weighted by molar-refractivity contribution is 5.94. The molecule has 1 aliphatic rings. The molecule has 3 rings (SSSR count). The van der Waals surface area contributed by atoms with E-state index >= 15 is 0 Å². The Bertz CT molecular complexity index is 742. The number of benzene rings is 1. The van der Waals surface area contributed by atoms with Crippen molar-refractivity contribution in [3.63, 3.8) is 0 Å². The second-order valence-electron chi connectivity index (χ2n) is 5.76. The maximum atomic E-state index is 11.1. The molecule has 2 heterocycles. The Hall–Kier alpha value is -2.57. The number of methoxy groups -OCH3 is 2. The summed E-state index contributed by atoms with van der Waals surface area (Å²) in [6, 6.07) is 3.83. The zero-order valence-electron chi connectivity index (χ0n) is 14.1. The largest absolute Gasteiger partial charge is 0.493 e. The standard InChI is InChI=1S/C17H21N3O4/c1-11(21)24-13-4-6-20(7-5-13)17-14-9-16(23-3)15(22-2)8-12(14)10-18-19-17/h8-10,13H,4-7H2,1-3H3. The first-order valence-corrected chi connectivity index (χ1v) is 7.92. The number of nitrogens with zero attached hydrogens (tertiary/aromatic N) is 3. The zero-order valence-corrected chi connectivity index (χ0v) is 14.1. The number of hydrogen-bond donors (Lipinski definition) is 0. The molecule has 7 nitrogen and oxygen atoms in total. The highest BCUT2D eigenvalue weighted by Crippen LogP contribution is 2.35. The highest BCUT2D eigenvalue weighted by Gasteiger charge is 2.24. The molecule has 2 aromatic rings. The van der Waals surface area contributed by atoms with E-state index in [1.807, 2.05) is 12.1 Å². The molecule has 0 atom stereocenters. The summed E-state index contributed by atoms with van der Waals surface area (Å²) in [7, 11) is 3.22. The molecule has 0 N–H and O–H groups in total. The summed E-state index contributed by atoms with van der Waals surface area (Å²) in [5.74, 6) is 1.91. The van der Waals surface area contributed by atoms with Crippen LogP contribution < -0.4 is 14.4 Å². The van der Waals surface area contributed by atoms with Gasteiger partial charge in [0.1, 0.15) is 6.10 Å². The van der Waals surface area contributed by atoms with Crippen LogP contribution in [0.2, 0.25) is 0 Å². The van der Waals surface area contributed by atoms with Crippen LogP contribution in [0.25, 0.3) is 10.8 Å². The molecular formula is C17H21N3O4. The van der Waals surface area contributed by atoms with Gasteiger partial charge in [-0.2, -0.15) is 5.10 Å². The van der Waals surface area contributed by atoms with E-state index in [2.05, 4.69) is 15.1 Å². The molecule has 0 bridgehead atoms. The lowest BCUT2D eigenvalue weighted by Gasteiger charge is -2.32. The van der Waals surface area contributed by atoms with Gasteiger partial charge in [0.2, 0.25) is 0 Å². The Kier molecular flexibility index (Phi) is 4.69. The van der Waals surface area contributed by atoms with Crippen molar-refractivity contribution >= 4 is 22.6 Å². The maximum absolute atomic E-state index is 11.1. The normalized spacial score (nSPS) is 15.4. The van der Waals surface area contributed by atoms with Crippen molar-refractivity contribution in [1.29, 1.82) is 0 Å². The number of anilines is 1. The highest BCUT2D eigenvalue weighted by atomic mass is 16.5. The summed E-state index contributed by atoms with van der Waals surface area (Å²) in [6.45, 7) is 2.97.